The van der Waals surface area contributed by atoms with Crippen molar-refractivity contribution in [2.24, 2.45) is 11.3 Å². The van der Waals surface area contributed by atoms with E-state index >= 15 is 0 Å². The smallest absolute Gasteiger partial charge is 0.355 e. The number of benzene rings is 2. The summed E-state index contributed by atoms with van der Waals surface area (Å²) in [4.78, 5) is 27.6. The predicted molar refractivity (Wildman–Crippen MR) is 124 cm³/mol. The molecular formula is C27H30F4N2O2. The van der Waals surface area contributed by atoms with E-state index in [1.165, 1.54) is 30.3 Å². The third kappa shape index (κ3) is 5.07. The summed E-state index contributed by atoms with van der Waals surface area (Å²) < 4.78 is 54.6. The number of likely N-dealkylation sites (tertiary alicyclic amines) is 1. The van der Waals surface area contributed by atoms with Gasteiger partial charge in [0.25, 0.3) is 0 Å². The Kier molecular flexibility index (Phi) is 6.93. The number of nitrogens with zero attached hydrogens (tertiary/aromatic N) is 1. The number of alkyl halides is 3. The van der Waals surface area contributed by atoms with Crippen LogP contribution >= 0.6 is 0 Å². The number of amides is 2. The molecule has 8 heteroatoms. The van der Waals surface area contributed by atoms with Crippen LogP contribution in [0, 0.1) is 17.2 Å². The Labute approximate surface area is 202 Å². The first-order valence-electron chi connectivity index (χ1n) is 12.0. The van der Waals surface area contributed by atoms with Crippen LogP contribution in [0.15, 0.2) is 48.5 Å². The molecule has 2 saturated heterocycles. The molecule has 2 aromatic carbocycles. The van der Waals surface area contributed by atoms with Crippen molar-refractivity contribution in [3.05, 3.63) is 71.0 Å². The maximum Gasteiger partial charge on any atom is 0.416 e. The molecule has 4 nitrogen and oxygen atoms in total. The highest BCUT2D eigenvalue weighted by Gasteiger charge is 2.48. The Morgan fingerprint density at radius 3 is 2.29 bits per heavy atom. The summed E-state index contributed by atoms with van der Waals surface area (Å²) in [7, 11) is 0. The van der Waals surface area contributed by atoms with Crippen LogP contribution in [-0.4, -0.2) is 36.3 Å². The Morgan fingerprint density at radius 2 is 1.69 bits per heavy atom. The molecule has 2 amide bonds. The standard InChI is InChI=1S/C27H30F4N2O2/c1-17(2)24(20-5-3-4-6-21(20)27(29,30)31)25(35)33-13-11-26(12-14-33)15-23(34)32-16-22(26)18-7-9-19(28)10-8-18/h3-10,17,22,24H,11-16H2,1-2H3,(H,32,34)/t22-,24?/m0/s1. The summed E-state index contributed by atoms with van der Waals surface area (Å²) >= 11 is 0. The minimum absolute atomic E-state index is 0.00141. The van der Waals surface area contributed by atoms with E-state index in [1.54, 1.807) is 30.9 Å². The number of piperidine rings is 2. The largest absolute Gasteiger partial charge is 0.416 e. The van der Waals surface area contributed by atoms with Crippen LogP contribution in [0.25, 0.3) is 0 Å². The summed E-state index contributed by atoms with van der Waals surface area (Å²) in [6.07, 6.45) is -3.13. The van der Waals surface area contributed by atoms with Crippen LogP contribution in [0.5, 0.6) is 0 Å². The fraction of sp³-hybridized carbons (Fsp3) is 0.481. The summed E-state index contributed by atoms with van der Waals surface area (Å²) in [5, 5.41) is 2.91. The lowest BCUT2D eigenvalue weighted by atomic mass is 9.62. The monoisotopic (exact) mass is 490 g/mol. The second-order valence-corrected chi connectivity index (χ2v) is 10.1. The highest BCUT2D eigenvalue weighted by atomic mass is 19.4. The minimum atomic E-state index is -4.55. The van der Waals surface area contributed by atoms with Gasteiger partial charge in [0.2, 0.25) is 11.8 Å². The number of carbonyl (C=O) groups excluding carboxylic acids is 2. The molecule has 188 valence electrons. The number of carbonyl (C=O) groups is 2. The molecule has 2 aromatic rings. The fourth-order valence-electron chi connectivity index (χ4n) is 5.80. The van der Waals surface area contributed by atoms with Crippen molar-refractivity contribution in [1.29, 1.82) is 0 Å². The zero-order chi connectivity index (χ0) is 25.4. The van der Waals surface area contributed by atoms with Crippen LogP contribution < -0.4 is 5.32 Å². The molecule has 2 heterocycles. The van der Waals surface area contributed by atoms with E-state index < -0.39 is 17.7 Å². The van der Waals surface area contributed by atoms with Gasteiger partial charge in [0.1, 0.15) is 5.82 Å². The Balaban J connectivity index is 1.57. The van der Waals surface area contributed by atoms with Gasteiger partial charge in [0.15, 0.2) is 0 Å². The number of hydrogen-bond acceptors (Lipinski definition) is 2. The van der Waals surface area contributed by atoms with Gasteiger partial charge in [-0.15, -0.1) is 0 Å². The van der Waals surface area contributed by atoms with Gasteiger partial charge in [-0.05, 0) is 53.5 Å². The lowest BCUT2D eigenvalue weighted by Gasteiger charge is -2.49. The van der Waals surface area contributed by atoms with Crippen LogP contribution in [0.1, 0.15) is 61.6 Å². The number of nitrogens with one attached hydrogen (secondary N) is 1. The van der Waals surface area contributed by atoms with Gasteiger partial charge in [-0.2, -0.15) is 13.2 Å². The third-order valence-electron chi connectivity index (χ3n) is 7.63. The van der Waals surface area contributed by atoms with E-state index in [0.717, 1.165) is 11.6 Å². The highest BCUT2D eigenvalue weighted by Crippen LogP contribution is 2.49. The lowest BCUT2D eigenvalue weighted by Crippen LogP contribution is -2.53. The van der Waals surface area contributed by atoms with Crippen molar-refractivity contribution in [3.8, 4) is 0 Å². The summed E-state index contributed by atoms with van der Waals surface area (Å²) in [6, 6.07) is 11.6. The Morgan fingerprint density at radius 1 is 1.06 bits per heavy atom. The number of halogens is 4. The van der Waals surface area contributed by atoms with Crippen molar-refractivity contribution in [2.75, 3.05) is 19.6 Å². The van der Waals surface area contributed by atoms with Gasteiger partial charge in [0, 0.05) is 32.0 Å². The van der Waals surface area contributed by atoms with Crippen molar-refractivity contribution in [2.45, 2.75) is 51.1 Å². The van der Waals surface area contributed by atoms with E-state index in [9.17, 15) is 27.2 Å². The maximum absolute atomic E-state index is 13.7. The molecule has 1 N–H and O–H groups in total. The molecule has 0 aliphatic carbocycles. The highest BCUT2D eigenvalue weighted by molar-refractivity contribution is 5.85. The van der Waals surface area contributed by atoms with Gasteiger partial charge < -0.3 is 10.2 Å². The molecule has 1 spiro atoms. The second-order valence-electron chi connectivity index (χ2n) is 10.1. The molecule has 2 aliphatic heterocycles. The fourth-order valence-corrected chi connectivity index (χ4v) is 5.80. The van der Waals surface area contributed by atoms with Crippen LogP contribution in [0.3, 0.4) is 0 Å². The van der Waals surface area contributed by atoms with Crippen molar-refractivity contribution in [1.82, 2.24) is 10.2 Å². The van der Waals surface area contributed by atoms with Crippen molar-refractivity contribution in [3.63, 3.8) is 0 Å². The quantitative estimate of drug-likeness (QED) is 0.576. The van der Waals surface area contributed by atoms with Crippen LogP contribution in [0.4, 0.5) is 17.6 Å². The molecular weight excluding hydrogens is 460 g/mol. The Bertz CT molecular complexity index is 1070. The average molecular weight is 491 g/mol. The molecule has 0 saturated carbocycles. The first-order chi connectivity index (χ1) is 16.5. The normalized spacial score (nSPS) is 21.2. The van der Waals surface area contributed by atoms with Gasteiger partial charge in [-0.25, -0.2) is 4.39 Å². The topological polar surface area (TPSA) is 49.4 Å². The second kappa shape index (κ2) is 9.63. The molecule has 2 fully saturated rings. The third-order valence-corrected chi connectivity index (χ3v) is 7.63. The molecule has 4 rings (SSSR count). The van der Waals surface area contributed by atoms with Gasteiger partial charge in [-0.1, -0.05) is 44.2 Å². The first-order valence-corrected chi connectivity index (χ1v) is 12.0. The van der Waals surface area contributed by atoms with Crippen molar-refractivity contribution >= 4 is 11.8 Å². The first kappa shape index (κ1) is 25.2. The number of rotatable bonds is 4. The molecule has 0 aromatic heterocycles. The van der Waals surface area contributed by atoms with Gasteiger partial charge >= 0.3 is 6.18 Å². The van der Waals surface area contributed by atoms with E-state index in [0.29, 0.717) is 38.9 Å². The number of hydrogen-bond donors (Lipinski definition) is 1. The molecule has 1 unspecified atom stereocenters. The SMILES string of the molecule is CC(C)C(C(=O)N1CCC2(CC1)CC(=O)NC[C@H]2c1ccc(F)cc1)c1ccccc1C(F)(F)F. The molecule has 0 bridgehead atoms. The van der Waals surface area contributed by atoms with E-state index in [1.807, 2.05) is 0 Å². The zero-order valence-corrected chi connectivity index (χ0v) is 19.9. The Hall–Kier alpha value is -2.90. The van der Waals surface area contributed by atoms with E-state index in [2.05, 4.69) is 5.32 Å². The lowest BCUT2D eigenvalue weighted by molar-refractivity contribution is -0.141. The van der Waals surface area contributed by atoms with E-state index in [-0.39, 0.29) is 40.4 Å². The molecule has 35 heavy (non-hydrogen) atoms. The molecule has 2 atom stereocenters. The summed E-state index contributed by atoms with van der Waals surface area (Å²) in [5.41, 5.74) is -0.221. The summed E-state index contributed by atoms with van der Waals surface area (Å²) in [5.74, 6) is -1.96. The predicted octanol–water partition coefficient (Wildman–Crippen LogP) is 5.50. The zero-order valence-electron chi connectivity index (χ0n) is 19.9. The molecule has 0 radical (unpaired) electrons. The van der Waals surface area contributed by atoms with Crippen LogP contribution in [0.2, 0.25) is 0 Å². The maximum atomic E-state index is 13.7. The van der Waals surface area contributed by atoms with E-state index in [4.69, 9.17) is 0 Å². The average Bonchev–Trinajstić information content (AvgIpc) is 2.80. The van der Waals surface area contributed by atoms with Crippen LogP contribution in [-0.2, 0) is 15.8 Å². The minimum Gasteiger partial charge on any atom is -0.355 e. The molecule has 2 aliphatic rings. The van der Waals surface area contributed by atoms with Gasteiger partial charge in [0.05, 0.1) is 11.5 Å². The van der Waals surface area contributed by atoms with Crippen molar-refractivity contribution < 1.29 is 27.2 Å². The summed E-state index contributed by atoms with van der Waals surface area (Å²) in [6.45, 7) is 4.68. The van der Waals surface area contributed by atoms with Gasteiger partial charge in [-0.3, -0.25) is 9.59 Å².